The Morgan fingerprint density at radius 2 is 2.38 bits per heavy atom. The molecule has 0 amide bonds. The van der Waals surface area contributed by atoms with Crippen molar-refractivity contribution in [2.24, 2.45) is 0 Å². The number of hydrogen-bond acceptors (Lipinski definition) is 6. The van der Waals surface area contributed by atoms with E-state index in [4.69, 9.17) is 10.5 Å². The van der Waals surface area contributed by atoms with Gasteiger partial charge in [-0.15, -0.1) is 0 Å². The van der Waals surface area contributed by atoms with Gasteiger partial charge in [-0.05, 0) is 12.8 Å². The molecule has 0 unspecified atom stereocenters. The van der Waals surface area contributed by atoms with E-state index in [1.165, 1.54) is 13.3 Å². The maximum Gasteiger partial charge on any atom is 0.384 e. The topological polar surface area (TPSA) is 87.3 Å². The molecular weight excluding hydrogens is 210 g/mol. The number of nitrogen functional groups attached to an aromatic ring is 1. The molecule has 6 heteroatoms. The average molecular weight is 221 g/mol. The summed E-state index contributed by atoms with van der Waals surface area (Å²) in [6, 6.07) is 0. The summed E-state index contributed by atoms with van der Waals surface area (Å²) in [7, 11) is 1.42. The standard InChI is InChI=1S/C10H11N3O3/c1-3-16-8(14)5-4-7-6-12-9(11)10(13-7)15-2/h6H,3H2,1-2H3,(H2,11,12). The summed E-state index contributed by atoms with van der Waals surface area (Å²) in [4.78, 5) is 18.7. The summed E-state index contributed by atoms with van der Waals surface area (Å²) in [5.41, 5.74) is 5.76. The number of hydrogen-bond donors (Lipinski definition) is 1. The second-order valence-electron chi connectivity index (χ2n) is 2.62. The van der Waals surface area contributed by atoms with Gasteiger partial charge in [0.15, 0.2) is 5.82 Å². The zero-order chi connectivity index (χ0) is 12.0. The van der Waals surface area contributed by atoms with Crippen molar-refractivity contribution in [1.29, 1.82) is 0 Å². The van der Waals surface area contributed by atoms with Gasteiger partial charge in [-0.3, -0.25) is 0 Å². The van der Waals surface area contributed by atoms with Crippen LogP contribution in [0.1, 0.15) is 12.6 Å². The molecule has 0 aliphatic heterocycles. The molecule has 1 aromatic heterocycles. The van der Waals surface area contributed by atoms with Gasteiger partial charge in [0.1, 0.15) is 5.69 Å². The SMILES string of the molecule is CCOC(=O)C#Cc1cnc(N)c(OC)n1. The Balaban J connectivity index is 2.85. The number of carbonyl (C=O) groups is 1. The molecule has 84 valence electrons. The summed E-state index contributed by atoms with van der Waals surface area (Å²) in [6.07, 6.45) is 1.35. The largest absolute Gasteiger partial charge is 0.478 e. The first kappa shape index (κ1) is 11.8. The van der Waals surface area contributed by atoms with E-state index in [-0.39, 0.29) is 18.3 Å². The summed E-state index contributed by atoms with van der Waals surface area (Å²) in [5.74, 6) is 4.49. The zero-order valence-corrected chi connectivity index (χ0v) is 8.98. The van der Waals surface area contributed by atoms with Gasteiger partial charge in [0.25, 0.3) is 5.88 Å². The molecular formula is C10H11N3O3. The quantitative estimate of drug-likeness (QED) is 0.558. The molecule has 0 saturated heterocycles. The third-order valence-electron chi connectivity index (χ3n) is 1.53. The summed E-state index contributed by atoms with van der Waals surface area (Å²) >= 11 is 0. The lowest BCUT2D eigenvalue weighted by molar-refractivity contribution is -0.136. The molecule has 0 spiro atoms. The molecule has 1 heterocycles. The van der Waals surface area contributed by atoms with Crippen molar-refractivity contribution in [3.8, 4) is 17.7 Å². The Morgan fingerprint density at radius 1 is 1.62 bits per heavy atom. The van der Waals surface area contributed by atoms with E-state index in [1.54, 1.807) is 6.92 Å². The fourth-order valence-electron chi connectivity index (χ4n) is 0.874. The highest BCUT2D eigenvalue weighted by Gasteiger charge is 2.02. The van der Waals surface area contributed by atoms with Crippen molar-refractivity contribution >= 4 is 11.8 Å². The maximum atomic E-state index is 10.9. The minimum absolute atomic E-state index is 0.171. The first-order valence-corrected chi connectivity index (χ1v) is 4.52. The minimum Gasteiger partial charge on any atom is -0.478 e. The molecule has 0 aliphatic rings. The highest BCUT2D eigenvalue weighted by Crippen LogP contribution is 2.13. The van der Waals surface area contributed by atoms with Crippen LogP contribution in [-0.2, 0) is 9.53 Å². The molecule has 0 radical (unpaired) electrons. The minimum atomic E-state index is -0.611. The zero-order valence-electron chi connectivity index (χ0n) is 8.98. The predicted molar refractivity (Wildman–Crippen MR) is 56.5 cm³/mol. The van der Waals surface area contributed by atoms with E-state index in [0.717, 1.165) is 0 Å². The molecule has 0 aromatic carbocycles. The molecule has 0 fully saturated rings. The summed E-state index contributed by atoms with van der Waals surface area (Å²) in [5, 5.41) is 0. The van der Waals surface area contributed by atoms with E-state index >= 15 is 0 Å². The normalized spacial score (nSPS) is 8.88. The maximum absolute atomic E-state index is 10.9. The highest BCUT2D eigenvalue weighted by molar-refractivity contribution is 5.88. The Hall–Kier alpha value is -2.29. The van der Waals surface area contributed by atoms with Gasteiger partial charge < -0.3 is 15.2 Å². The molecule has 2 N–H and O–H groups in total. The monoisotopic (exact) mass is 221 g/mol. The van der Waals surface area contributed by atoms with Crippen molar-refractivity contribution < 1.29 is 14.3 Å². The predicted octanol–water partition coefficient (Wildman–Crippen LogP) is -0.0180. The molecule has 0 aliphatic carbocycles. The first-order chi connectivity index (χ1) is 7.67. The van der Waals surface area contributed by atoms with Gasteiger partial charge in [0, 0.05) is 5.92 Å². The molecule has 0 saturated carbocycles. The van der Waals surface area contributed by atoms with Crippen molar-refractivity contribution in [1.82, 2.24) is 9.97 Å². The van der Waals surface area contributed by atoms with Gasteiger partial charge in [0.05, 0.1) is 19.9 Å². The van der Waals surface area contributed by atoms with Crippen LogP contribution in [0.15, 0.2) is 6.20 Å². The molecule has 16 heavy (non-hydrogen) atoms. The van der Waals surface area contributed by atoms with Gasteiger partial charge in [0.2, 0.25) is 0 Å². The van der Waals surface area contributed by atoms with Crippen LogP contribution in [0, 0.1) is 11.8 Å². The Labute approximate surface area is 92.8 Å². The second-order valence-corrected chi connectivity index (χ2v) is 2.62. The number of anilines is 1. The van der Waals surface area contributed by atoms with Crippen LogP contribution < -0.4 is 10.5 Å². The lowest BCUT2D eigenvalue weighted by atomic mass is 10.4. The number of methoxy groups -OCH3 is 1. The Bertz CT molecular complexity index is 448. The van der Waals surface area contributed by atoms with Gasteiger partial charge in [-0.25, -0.2) is 9.78 Å². The molecule has 0 atom stereocenters. The van der Waals surface area contributed by atoms with Crippen LogP contribution in [0.2, 0.25) is 0 Å². The second kappa shape index (κ2) is 5.56. The number of ether oxygens (including phenoxy) is 2. The van der Waals surface area contributed by atoms with E-state index in [2.05, 4.69) is 26.5 Å². The lowest BCUT2D eigenvalue weighted by Crippen LogP contribution is -2.01. The Kier molecular flexibility index (Phi) is 4.09. The number of rotatable bonds is 2. The van der Waals surface area contributed by atoms with Gasteiger partial charge in [-0.2, -0.15) is 4.98 Å². The van der Waals surface area contributed by atoms with E-state index in [9.17, 15) is 4.79 Å². The van der Waals surface area contributed by atoms with Crippen molar-refractivity contribution in [3.05, 3.63) is 11.9 Å². The Morgan fingerprint density at radius 3 is 3.00 bits per heavy atom. The van der Waals surface area contributed by atoms with Crippen molar-refractivity contribution in [3.63, 3.8) is 0 Å². The van der Waals surface area contributed by atoms with Crippen LogP contribution in [-0.4, -0.2) is 29.7 Å². The smallest absolute Gasteiger partial charge is 0.384 e. The third-order valence-corrected chi connectivity index (χ3v) is 1.53. The number of carbonyl (C=O) groups excluding carboxylic acids is 1. The fraction of sp³-hybridized carbons (Fsp3) is 0.300. The molecule has 1 rings (SSSR count). The molecule has 6 nitrogen and oxygen atoms in total. The van der Waals surface area contributed by atoms with E-state index < -0.39 is 5.97 Å². The van der Waals surface area contributed by atoms with Crippen LogP contribution in [0.5, 0.6) is 5.88 Å². The molecule has 1 aromatic rings. The van der Waals surface area contributed by atoms with E-state index in [0.29, 0.717) is 5.69 Å². The van der Waals surface area contributed by atoms with Gasteiger partial charge in [-0.1, -0.05) is 0 Å². The third kappa shape index (κ3) is 3.13. The summed E-state index contributed by atoms with van der Waals surface area (Å²) < 4.78 is 9.48. The van der Waals surface area contributed by atoms with Crippen LogP contribution in [0.25, 0.3) is 0 Å². The van der Waals surface area contributed by atoms with E-state index in [1.807, 2.05) is 0 Å². The number of nitrogens with zero attached hydrogens (tertiary/aromatic N) is 2. The van der Waals surface area contributed by atoms with Crippen molar-refractivity contribution in [2.45, 2.75) is 6.92 Å². The van der Waals surface area contributed by atoms with Crippen LogP contribution >= 0.6 is 0 Å². The summed E-state index contributed by atoms with van der Waals surface area (Å²) in [6.45, 7) is 1.98. The van der Waals surface area contributed by atoms with Crippen molar-refractivity contribution in [2.75, 3.05) is 19.5 Å². The first-order valence-electron chi connectivity index (χ1n) is 4.52. The molecule has 0 bridgehead atoms. The van der Waals surface area contributed by atoms with Crippen LogP contribution in [0.3, 0.4) is 0 Å². The number of esters is 1. The average Bonchev–Trinajstić information content (AvgIpc) is 2.28. The van der Waals surface area contributed by atoms with Crippen LogP contribution in [0.4, 0.5) is 5.82 Å². The lowest BCUT2D eigenvalue weighted by Gasteiger charge is -2.00. The number of aromatic nitrogens is 2. The fourth-order valence-corrected chi connectivity index (χ4v) is 0.874. The number of nitrogens with two attached hydrogens (primary N) is 1. The van der Waals surface area contributed by atoms with Gasteiger partial charge >= 0.3 is 5.97 Å². The highest BCUT2D eigenvalue weighted by atomic mass is 16.5.